The SMILES string of the molecule is CC(C)[C@H]1COC([C@@H]2OC(C)(C)O[C@H]2C2=N[C@@H](C(C)C)CO2)=N1. The Balaban J connectivity index is 1.81. The Bertz CT molecular complexity index is 469. The topological polar surface area (TPSA) is 61.6 Å². The van der Waals surface area contributed by atoms with Gasteiger partial charge in [0.15, 0.2) is 18.0 Å². The van der Waals surface area contributed by atoms with Gasteiger partial charge in [-0.3, -0.25) is 0 Å². The summed E-state index contributed by atoms with van der Waals surface area (Å²) in [7, 11) is 0. The molecule has 0 aromatic heterocycles. The second-order valence-corrected chi connectivity index (χ2v) is 7.66. The first-order valence-corrected chi connectivity index (χ1v) is 8.53. The zero-order chi connectivity index (χ0) is 16.8. The van der Waals surface area contributed by atoms with Crippen LogP contribution in [0.2, 0.25) is 0 Å². The predicted molar refractivity (Wildman–Crippen MR) is 87.9 cm³/mol. The Kier molecular flexibility index (Phi) is 4.40. The number of nitrogens with zero attached hydrogens (tertiary/aromatic N) is 2. The highest BCUT2D eigenvalue weighted by Gasteiger charge is 2.50. The van der Waals surface area contributed by atoms with Crippen molar-refractivity contribution in [2.24, 2.45) is 21.8 Å². The molecule has 0 amide bonds. The summed E-state index contributed by atoms with van der Waals surface area (Å²) in [6.07, 6.45) is -0.781. The first kappa shape index (κ1) is 16.7. The normalized spacial score (nSPS) is 36.2. The van der Waals surface area contributed by atoms with Crippen molar-refractivity contribution in [3.63, 3.8) is 0 Å². The van der Waals surface area contributed by atoms with E-state index >= 15 is 0 Å². The summed E-state index contributed by atoms with van der Waals surface area (Å²) in [6.45, 7) is 13.6. The molecular formula is C17H28N2O4. The molecule has 3 rings (SSSR count). The molecule has 23 heavy (non-hydrogen) atoms. The van der Waals surface area contributed by atoms with Crippen molar-refractivity contribution >= 4 is 11.8 Å². The van der Waals surface area contributed by atoms with Crippen LogP contribution in [0.1, 0.15) is 41.5 Å². The highest BCUT2D eigenvalue weighted by molar-refractivity contribution is 5.93. The van der Waals surface area contributed by atoms with E-state index in [2.05, 4.69) is 37.7 Å². The maximum Gasteiger partial charge on any atom is 0.217 e. The van der Waals surface area contributed by atoms with Crippen molar-refractivity contribution in [1.29, 1.82) is 0 Å². The third-order valence-electron chi connectivity index (χ3n) is 4.51. The molecule has 4 atom stereocenters. The van der Waals surface area contributed by atoms with Gasteiger partial charge in [0.05, 0.1) is 12.1 Å². The molecule has 3 aliphatic heterocycles. The van der Waals surface area contributed by atoms with Gasteiger partial charge in [-0.1, -0.05) is 27.7 Å². The lowest BCUT2D eigenvalue weighted by Gasteiger charge is -2.16. The zero-order valence-corrected chi connectivity index (χ0v) is 14.9. The average Bonchev–Trinajstić information content (AvgIpc) is 3.14. The van der Waals surface area contributed by atoms with Crippen LogP contribution in [0.3, 0.4) is 0 Å². The molecule has 0 aliphatic carbocycles. The van der Waals surface area contributed by atoms with Crippen LogP contribution in [0, 0.1) is 11.8 Å². The summed E-state index contributed by atoms with van der Waals surface area (Å²) in [5.74, 6) is 1.38. The van der Waals surface area contributed by atoms with Crippen LogP contribution in [0.5, 0.6) is 0 Å². The molecule has 130 valence electrons. The Morgan fingerprint density at radius 3 is 1.52 bits per heavy atom. The number of rotatable bonds is 4. The van der Waals surface area contributed by atoms with Crippen LogP contribution in [0.4, 0.5) is 0 Å². The van der Waals surface area contributed by atoms with Gasteiger partial charge >= 0.3 is 0 Å². The molecular weight excluding hydrogens is 296 g/mol. The molecule has 0 aromatic rings. The van der Waals surface area contributed by atoms with Crippen LogP contribution in [-0.4, -0.2) is 55.1 Å². The van der Waals surface area contributed by atoms with E-state index in [1.54, 1.807) is 0 Å². The lowest BCUT2D eigenvalue weighted by Crippen LogP contribution is -2.37. The van der Waals surface area contributed by atoms with Crippen LogP contribution in [0.15, 0.2) is 9.98 Å². The summed E-state index contributed by atoms with van der Waals surface area (Å²) in [4.78, 5) is 9.38. The smallest absolute Gasteiger partial charge is 0.217 e. The lowest BCUT2D eigenvalue weighted by molar-refractivity contribution is -0.138. The Morgan fingerprint density at radius 2 is 1.22 bits per heavy atom. The number of hydrogen-bond acceptors (Lipinski definition) is 6. The quantitative estimate of drug-likeness (QED) is 0.797. The highest BCUT2D eigenvalue weighted by Crippen LogP contribution is 2.33. The minimum atomic E-state index is -0.709. The van der Waals surface area contributed by atoms with Crippen molar-refractivity contribution in [2.45, 2.75) is 71.6 Å². The van der Waals surface area contributed by atoms with E-state index in [0.29, 0.717) is 36.8 Å². The van der Waals surface area contributed by atoms with E-state index in [-0.39, 0.29) is 12.1 Å². The summed E-state index contributed by atoms with van der Waals surface area (Å²) >= 11 is 0. The average molecular weight is 324 g/mol. The molecule has 6 nitrogen and oxygen atoms in total. The van der Waals surface area contributed by atoms with Gasteiger partial charge in [0, 0.05) is 0 Å². The summed E-state index contributed by atoms with van der Waals surface area (Å²) < 4.78 is 23.7. The Labute approximate surface area is 138 Å². The van der Waals surface area contributed by atoms with Gasteiger partial charge in [-0.15, -0.1) is 0 Å². The first-order valence-electron chi connectivity index (χ1n) is 8.53. The monoisotopic (exact) mass is 324 g/mol. The first-order chi connectivity index (χ1) is 10.8. The summed E-state index contributed by atoms with van der Waals surface area (Å²) in [5, 5.41) is 0. The van der Waals surface area contributed by atoms with Crippen LogP contribution < -0.4 is 0 Å². The molecule has 0 saturated carbocycles. The van der Waals surface area contributed by atoms with Crippen LogP contribution in [0.25, 0.3) is 0 Å². The zero-order valence-electron chi connectivity index (χ0n) is 14.9. The van der Waals surface area contributed by atoms with Crippen molar-refractivity contribution in [2.75, 3.05) is 13.2 Å². The second kappa shape index (κ2) is 6.06. The molecule has 0 N–H and O–H groups in total. The molecule has 0 aromatic carbocycles. The highest BCUT2D eigenvalue weighted by atomic mass is 16.8. The molecule has 0 bridgehead atoms. The third-order valence-corrected chi connectivity index (χ3v) is 4.51. The standard InChI is InChI=1S/C17H28N2O4/c1-9(2)11-7-20-15(18-11)13-14(23-17(5,6)22-13)16-19-12(8-21-16)10(3)4/h9-14H,7-8H2,1-6H3/t11-,12-,13-,14-/m1/s1. The van der Waals surface area contributed by atoms with Crippen molar-refractivity contribution in [3.05, 3.63) is 0 Å². The molecule has 1 fully saturated rings. The van der Waals surface area contributed by atoms with Crippen LogP contribution >= 0.6 is 0 Å². The van der Waals surface area contributed by atoms with Gasteiger partial charge in [0.25, 0.3) is 0 Å². The third kappa shape index (κ3) is 3.38. The molecule has 3 heterocycles. The van der Waals surface area contributed by atoms with Crippen molar-refractivity contribution in [3.8, 4) is 0 Å². The molecule has 1 saturated heterocycles. The lowest BCUT2D eigenvalue weighted by atomic mass is 10.1. The maximum atomic E-state index is 6.04. The number of ether oxygens (including phenoxy) is 4. The summed E-state index contributed by atoms with van der Waals surface area (Å²) in [6, 6.07) is 0.348. The molecule has 6 heteroatoms. The Morgan fingerprint density at radius 1 is 0.826 bits per heavy atom. The van der Waals surface area contributed by atoms with E-state index < -0.39 is 18.0 Å². The fourth-order valence-electron chi connectivity index (χ4n) is 2.93. The summed E-state index contributed by atoms with van der Waals surface area (Å²) in [5.41, 5.74) is 0. The number of aliphatic imine (C=N–C) groups is 2. The molecule has 3 aliphatic rings. The van der Waals surface area contributed by atoms with E-state index in [9.17, 15) is 0 Å². The van der Waals surface area contributed by atoms with Gasteiger partial charge in [-0.05, 0) is 25.7 Å². The largest absolute Gasteiger partial charge is 0.477 e. The molecule has 0 unspecified atom stereocenters. The van der Waals surface area contributed by atoms with Gasteiger partial charge < -0.3 is 18.9 Å². The number of hydrogen-bond donors (Lipinski definition) is 0. The van der Waals surface area contributed by atoms with E-state index in [4.69, 9.17) is 18.9 Å². The Hall–Kier alpha value is -1.14. The van der Waals surface area contributed by atoms with E-state index in [0.717, 1.165) is 0 Å². The van der Waals surface area contributed by atoms with Crippen LogP contribution in [-0.2, 0) is 18.9 Å². The minimum absolute atomic E-state index is 0.174. The van der Waals surface area contributed by atoms with E-state index in [1.807, 2.05) is 13.8 Å². The molecule has 0 spiro atoms. The van der Waals surface area contributed by atoms with E-state index in [1.165, 1.54) is 0 Å². The van der Waals surface area contributed by atoms with Crippen molar-refractivity contribution < 1.29 is 18.9 Å². The van der Waals surface area contributed by atoms with Gasteiger partial charge in [-0.25, -0.2) is 9.98 Å². The predicted octanol–water partition coefficient (Wildman–Crippen LogP) is 2.41. The minimum Gasteiger partial charge on any atom is -0.477 e. The van der Waals surface area contributed by atoms with Gasteiger partial charge in [0.1, 0.15) is 13.2 Å². The van der Waals surface area contributed by atoms with Crippen molar-refractivity contribution in [1.82, 2.24) is 0 Å². The maximum absolute atomic E-state index is 6.04. The molecule has 0 radical (unpaired) electrons. The van der Waals surface area contributed by atoms with Gasteiger partial charge in [0.2, 0.25) is 11.8 Å². The second-order valence-electron chi connectivity index (χ2n) is 7.66. The van der Waals surface area contributed by atoms with Gasteiger partial charge in [-0.2, -0.15) is 0 Å². The fourth-order valence-corrected chi connectivity index (χ4v) is 2.93. The fraction of sp³-hybridized carbons (Fsp3) is 0.882.